The van der Waals surface area contributed by atoms with Crippen LogP contribution < -0.4 is 5.32 Å². The molecule has 7 heteroatoms. The van der Waals surface area contributed by atoms with E-state index in [1.165, 1.54) is 0 Å². The number of pyridine rings is 1. The zero-order valence-corrected chi connectivity index (χ0v) is 13.4. The number of benzene rings is 1. The van der Waals surface area contributed by atoms with Gasteiger partial charge in [0.15, 0.2) is 5.69 Å². The van der Waals surface area contributed by atoms with Crippen molar-refractivity contribution < 1.29 is 4.79 Å². The van der Waals surface area contributed by atoms with Crippen molar-refractivity contribution in [3.05, 3.63) is 64.9 Å². The first-order valence-electron chi connectivity index (χ1n) is 7.05. The Bertz CT molecular complexity index is 940. The molecule has 0 fully saturated rings. The molecule has 0 bridgehead atoms. The summed E-state index contributed by atoms with van der Waals surface area (Å²) in [4.78, 5) is 16.4. The lowest BCUT2D eigenvalue weighted by Crippen LogP contribution is -2.13. The maximum atomic E-state index is 12.2. The first-order valence-corrected chi connectivity index (χ1v) is 7.42. The van der Waals surface area contributed by atoms with E-state index in [0.717, 1.165) is 11.3 Å². The van der Waals surface area contributed by atoms with Gasteiger partial charge in [-0.15, -0.1) is 0 Å². The highest BCUT2D eigenvalue weighted by Gasteiger charge is 2.11. The molecule has 0 aliphatic heterocycles. The first kappa shape index (κ1) is 15.7. The van der Waals surface area contributed by atoms with Crippen LogP contribution in [0.2, 0.25) is 5.02 Å². The Morgan fingerprint density at radius 3 is 2.71 bits per heavy atom. The van der Waals surface area contributed by atoms with Gasteiger partial charge in [0.05, 0.1) is 16.3 Å². The van der Waals surface area contributed by atoms with Gasteiger partial charge in [-0.2, -0.15) is 10.4 Å². The highest BCUT2D eigenvalue weighted by Crippen LogP contribution is 2.21. The minimum Gasteiger partial charge on any atom is -0.307 e. The van der Waals surface area contributed by atoms with E-state index in [4.69, 9.17) is 16.9 Å². The van der Waals surface area contributed by atoms with E-state index >= 15 is 0 Å². The molecule has 0 atom stereocenters. The van der Waals surface area contributed by atoms with Crippen molar-refractivity contribution in [1.82, 2.24) is 14.8 Å². The summed E-state index contributed by atoms with van der Waals surface area (Å²) in [6.45, 7) is 0. The lowest BCUT2D eigenvalue weighted by Gasteiger charge is -2.07. The number of halogens is 1. The van der Waals surface area contributed by atoms with Gasteiger partial charge >= 0.3 is 0 Å². The van der Waals surface area contributed by atoms with E-state index in [1.54, 1.807) is 60.4 Å². The second kappa shape index (κ2) is 6.52. The van der Waals surface area contributed by atoms with Crippen LogP contribution in [0, 0.1) is 11.3 Å². The van der Waals surface area contributed by atoms with Gasteiger partial charge in [-0.1, -0.05) is 23.7 Å². The third-order valence-corrected chi connectivity index (χ3v) is 3.74. The fraction of sp³-hybridized carbons (Fsp3) is 0.0588. The molecular formula is C17H12ClN5O. The lowest BCUT2D eigenvalue weighted by molar-refractivity contribution is 0.102. The topological polar surface area (TPSA) is 83.6 Å². The molecule has 2 heterocycles. The molecule has 0 spiro atoms. The highest BCUT2D eigenvalue weighted by molar-refractivity contribution is 6.34. The molecule has 0 radical (unpaired) electrons. The zero-order chi connectivity index (χ0) is 17.1. The van der Waals surface area contributed by atoms with E-state index in [9.17, 15) is 4.79 Å². The largest absolute Gasteiger partial charge is 0.307 e. The Kier molecular flexibility index (Phi) is 4.27. The van der Waals surface area contributed by atoms with Crippen molar-refractivity contribution in [2.24, 2.45) is 7.05 Å². The number of hydrogen-bond donors (Lipinski definition) is 1. The minimum absolute atomic E-state index is 0.326. The molecule has 2 aromatic heterocycles. The molecule has 0 saturated heterocycles. The predicted octanol–water partition coefficient (Wildman–Crippen LogP) is 3.26. The van der Waals surface area contributed by atoms with Crippen LogP contribution in [0.1, 0.15) is 16.1 Å². The molecule has 0 saturated carbocycles. The van der Waals surface area contributed by atoms with Gasteiger partial charge in [-0.3, -0.25) is 9.48 Å². The van der Waals surface area contributed by atoms with E-state index < -0.39 is 0 Å². The number of carbonyl (C=O) groups is 1. The van der Waals surface area contributed by atoms with Crippen molar-refractivity contribution in [3.63, 3.8) is 0 Å². The van der Waals surface area contributed by atoms with Crippen LogP contribution in [0.25, 0.3) is 11.3 Å². The monoisotopic (exact) mass is 337 g/mol. The number of rotatable bonds is 3. The SMILES string of the molecule is Cn1nc(C#N)cc1-c1ccc(NC(=O)c2ccccc2Cl)nc1. The van der Waals surface area contributed by atoms with Crippen LogP contribution in [0.15, 0.2) is 48.7 Å². The summed E-state index contributed by atoms with van der Waals surface area (Å²) < 4.78 is 1.61. The summed E-state index contributed by atoms with van der Waals surface area (Å²) in [6.07, 6.45) is 1.61. The van der Waals surface area contributed by atoms with Gasteiger partial charge in [0.25, 0.3) is 5.91 Å². The van der Waals surface area contributed by atoms with Crippen LogP contribution in [-0.2, 0) is 7.05 Å². The van der Waals surface area contributed by atoms with Crippen molar-refractivity contribution >= 4 is 23.3 Å². The Morgan fingerprint density at radius 2 is 2.08 bits per heavy atom. The first-order chi connectivity index (χ1) is 11.6. The van der Waals surface area contributed by atoms with Crippen LogP contribution in [0.4, 0.5) is 5.82 Å². The summed E-state index contributed by atoms with van der Waals surface area (Å²) in [5.74, 6) is 0.0829. The van der Waals surface area contributed by atoms with E-state index in [1.807, 2.05) is 6.07 Å². The van der Waals surface area contributed by atoms with Gasteiger partial charge in [0, 0.05) is 24.9 Å². The molecule has 3 rings (SSSR count). The molecule has 1 amide bonds. The number of nitrogens with one attached hydrogen (secondary N) is 1. The summed E-state index contributed by atoms with van der Waals surface area (Å²) >= 11 is 6.01. The number of anilines is 1. The van der Waals surface area contributed by atoms with Crippen molar-refractivity contribution in [2.45, 2.75) is 0 Å². The Morgan fingerprint density at radius 1 is 1.29 bits per heavy atom. The number of aryl methyl sites for hydroxylation is 1. The highest BCUT2D eigenvalue weighted by atomic mass is 35.5. The van der Waals surface area contributed by atoms with Gasteiger partial charge in [0.2, 0.25) is 0 Å². The predicted molar refractivity (Wildman–Crippen MR) is 90.6 cm³/mol. The third kappa shape index (κ3) is 3.12. The summed E-state index contributed by atoms with van der Waals surface area (Å²) in [5.41, 5.74) is 2.28. The molecule has 0 unspecified atom stereocenters. The fourth-order valence-corrected chi connectivity index (χ4v) is 2.46. The van der Waals surface area contributed by atoms with Crippen molar-refractivity contribution in [3.8, 4) is 17.3 Å². The summed E-state index contributed by atoms with van der Waals surface area (Å²) in [6, 6.07) is 14.0. The minimum atomic E-state index is -0.326. The smallest absolute Gasteiger partial charge is 0.258 e. The molecule has 6 nitrogen and oxygen atoms in total. The summed E-state index contributed by atoms with van der Waals surface area (Å²) in [7, 11) is 1.75. The van der Waals surface area contributed by atoms with Gasteiger partial charge < -0.3 is 5.32 Å². The van der Waals surface area contributed by atoms with E-state index in [0.29, 0.717) is 22.1 Å². The van der Waals surface area contributed by atoms with Crippen LogP contribution in [0.3, 0.4) is 0 Å². The number of nitrogens with zero attached hydrogens (tertiary/aromatic N) is 4. The van der Waals surface area contributed by atoms with Gasteiger partial charge in [-0.05, 0) is 24.3 Å². The molecule has 118 valence electrons. The second-order valence-electron chi connectivity index (χ2n) is 5.02. The maximum absolute atomic E-state index is 12.2. The Labute approximate surface area is 143 Å². The number of amides is 1. The average Bonchev–Trinajstić information content (AvgIpc) is 2.97. The molecular weight excluding hydrogens is 326 g/mol. The molecule has 0 aliphatic rings. The van der Waals surface area contributed by atoms with Crippen LogP contribution in [-0.4, -0.2) is 20.7 Å². The normalized spacial score (nSPS) is 10.2. The molecule has 24 heavy (non-hydrogen) atoms. The van der Waals surface area contributed by atoms with E-state index in [-0.39, 0.29) is 5.91 Å². The Balaban J connectivity index is 1.80. The van der Waals surface area contributed by atoms with Crippen molar-refractivity contribution in [1.29, 1.82) is 5.26 Å². The second-order valence-corrected chi connectivity index (χ2v) is 5.42. The Hall–Kier alpha value is -3.17. The average molecular weight is 338 g/mol. The fourth-order valence-electron chi connectivity index (χ4n) is 2.24. The maximum Gasteiger partial charge on any atom is 0.258 e. The van der Waals surface area contributed by atoms with Gasteiger partial charge in [-0.25, -0.2) is 4.98 Å². The standard InChI is InChI=1S/C17H12ClN5O/c1-23-15(8-12(9-19)22-23)11-6-7-16(20-10-11)21-17(24)13-4-2-3-5-14(13)18/h2-8,10H,1H3,(H,20,21,24). The molecule has 1 N–H and O–H groups in total. The zero-order valence-electron chi connectivity index (χ0n) is 12.7. The third-order valence-electron chi connectivity index (χ3n) is 3.41. The number of aromatic nitrogens is 3. The number of nitriles is 1. The quantitative estimate of drug-likeness (QED) is 0.795. The number of carbonyl (C=O) groups excluding carboxylic acids is 1. The van der Waals surface area contributed by atoms with Crippen LogP contribution >= 0.6 is 11.6 Å². The van der Waals surface area contributed by atoms with Crippen LogP contribution in [0.5, 0.6) is 0 Å². The number of hydrogen-bond acceptors (Lipinski definition) is 4. The van der Waals surface area contributed by atoms with E-state index in [2.05, 4.69) is 15.4 Å². The molecule has 1 aromatic carbocycles. The molecule has 3 aromatic rings. The van der Waals surface area contributed by atoms with Crippen molar-refractivity contribution in [2.75, 3.05) is 5.32 Å². The van der Waals surface area contributed by atoms with Gasteiger partial charge in [0.1, 0.15) is 11.9 Å². The lowest BCUT2D eigenvalue weighted by atomic mass is 10.2. The summed E-state index contributed by atoms with van der Waals surface area (Å²) in [5, 5.41) is 16.0. The molecule has 0 aliphatic carbocycles.